The molecule has 0 aliphatic heterocycles. The van der Waals surface area contributed by atoms with Crippen LogP contribution in [0.25, 0.3) is 6.08 Å². The van der Waals surface area contributed by atoms with Crippen LogP contribution in [0.5, 0.6) is 0 Å². The Morgan fingerprint density at radius 2 is 1.76 bits per heavy atom. The molecule has 1 aromatic heterocycles. The Labute approximate surface area is 128 Å². The first kappa shape index (κ1) is 17.4. The number of hydrogen-bond donors (Lipinski definition) is 1. The second-order valence-electron chi connectivity index (χ2n) is 7.32. The molecule has 1 N–H and O–H groups in total. The van der Waals surface area contributed by atoms with Gasteiger partial charge in [0.05, 0.1) is 5.41 Å². The topological polar surface area (TPSA) is 41.2 Å². The number of pyridine rings is 1. The summed E-state index contributed by atoms with van der Waals surface area (Å²) in [4.78, 5) is 11.3. The van der Waals surface area contributed by atoms with Crippen molar-refractivity contribution in [2.24, 2.45) is 11.3 Å². The highest BCUT2D eigenvalue weighted by atomic mass is 16.4. The SMILES string of the molecule is CC(C)/C=C/c1cc[n+](C(C)(C)CC(C)(C)C(=O)O)cc1. The number of rotatable bonds is 6. The van der Waals surface area contributed by atoms with Gasteiger partial charge in [0.1, 0.15) is 0 Å². The van der Waals surface area contributed by atoms with Crippen molar-refractivity contribution in [3.63, 3.8) is 0 Å². The number of allylic oxidation sites excluding steroid dienone is 1. The van der Waals surface area contributed by atoms with Crippen molar-refractivity contribution in [3.8, 4) is 0 Å². The average Bonchev–Trinajstić information content (AvgIpc) is 2.35. The molecule has 1 rings (SSSR count). The Bertz CT molecular complexity index is 511. The van der Waals surface area contributed by atoms with Crippen molar-refractivity contribution in [1.29, 1.82) is 0 Å². The third-order valence-corrected chi connectivity index (χ3v) is 3.68. The van der Waals surface area contributed by atoms with Crippen LogP contribution in [-0.4, -0.2) is 11.1 Å². The van der Waals surface area contributed by atoms with Crippen molar-refractivity contribution in [1.82, 2.24) is 0 Å². The summed E-state index contributed by atoms with van der Waals surface area (Å²) < 4.78 is 2.09. The summed E-state index contributed by atoms with van der Waals surface area (Å²) in [6.45, 7) is 12.0. The lowest BCUT2D eigenvalue weighted by Gasteiger charge is -2.27. The number of carboxylic acids is 1. The van der Waals surface area contributed by atoms with Crippen LogP contribution < -0.4 is 4.57 Å². The molecule has 0 saturated heterocycles. The van der Waals surface area contributed by atoms with Crippen LogP contribution in [0.2, 0.25) is 0 Å². The van der Waals surface area contributed by atoms with Crippen molar-refractivity contribution in [2.45, 2.75) is 53.5 Å². The molecular formula is C18H28NO2+. The van der Waals surface area contributed by atoms with Crippen molar-refractivity contribution < 1.29 is 14.5 Å². The fourth-order valence-electron chi connectivity index (χ4n) is 2.50. The minimum atomic E-state index is -0.757. The molecule has 0 aliphatic rings. The van der Waals surface area contributed by atoms with Gasteiger partial charge in [-0.1, -0.05) is 26.0 Å². The van der Waals surface area contributed by atoms with Crippen LogP contribution in [0, 0.1) is 11.3 Å². The molecular weight excluding hydrogens is 262 g/mol. The first-order valence-electron chi connectivity index (χ1n) is 7.48. The predicted molar refractivity (Wildman–Crippen MR) is 85.9 cm³/mol. The number of aromatic nitrogens is 1. The van der Waals surface area contributed by atoms with E-state index >= 15 is 0 Å². The highest BCUT2D eigenvalue weighted by molar-refractivity contribution is 5.73. The standard InChI is InChI=1S/C18H27NO2/c1-14(2)7-8-15-9-11-19(12-10-15)18(5,6)13-17(3,4)16(20)21/h7-12,14H,13H2,1-6H3/p+1/b8-7+. The predicted octanol–water partition coefficient (Wildman–Crippen LogP) is 3.88. The molecule has 0 amide bonds. The van der Waals surface area contributed by atoms with Crippen molar-refractivity contribution in [2.75, 3.05) is 0 Å². The first-order valence-corrected chi connectivity index (χ1v) is 7.48. The third-order valence-electron chi connectivity index (χ3n) is 3.68. The molecule has 0 unspecified atom stereocenters. The summed E-state index contributed by atoms with van der Waals surface area (Å²) in [6.07, 6.45) is 8.90. The highest BCUT2D eigenvalue weighted by Crippen LogP contribution is 2.29. The Balaban J connectivity index is 2.92. The van der Waals surface area contributed by atoms with Gasteiger partial charge in [0.15, 0.2) is 17.9 Å². The molecule has 0 aliphatic carbocycles. The molecule has 0 atom stereocenters. The number of nitrogens with zero attached hydrogens (tertiary/aromatic N) is 1. The Morgan fingerprint density at radius 3 is 2.19 bits per heavy atom. The summed E-state index contributed by atoms with van der Waals surface area (Å²) in [5, 5.41) is 9.30. The molecule has 21 heavy (non-hydrogen) atoms. The number of carboxylic acid groups (broad SMARTS) is 1. The average molecular weight is 290 g/mol. The quantitative estimate of drug-likeness (QED) is 0.808. The fraction of sp³-hybridized carbons (Fsp3) is 0.556. The van der Waals surface area contributed by atoms with Gasteiger partial charge in [-0.15, -0.1) is 0 Å². The largest absolute Gasteiger partial charge is 0.481 e. The minimum absolute atomic E-state index is 0.248. The maximum Gasteiger partial charge on any atom is 0.309 e. The number of carbonyl (C=O) groups is 1. The molecule has 0 radical (unpaired) electrons. The van der Waals surface area contributed by atoms with Crippen molar-refractivity contribution >= 4 is 12.0 Å². The van der Waals surface area contributed by atoms with Gasteiger partial charge in [-0.3, -0.25) is 4.79 Å². The van der Waals surface area contributed by atoms with Gasteiger partial charge in [-0.2, -0.15) is 0 Å². The molecule has 0 bridgehead atoms. The normalized spacial score (nSPS) is 13.1. The number of aliphatic carboxylic acids is 1. The summed E-state index contributed by atoms with van der Waals surface area (Å²) in [7, 11) is 0. The van der Waals surface area contributed by atoms with Gasteiger partial charge >= 0.3 is 5.97 Å². The first-order chi connectivity index (χ1) is 9.54. The lowest BCUT2D eigenvalue weighted by molar-refractivity contribution is -0.760. The Hall–Kier alpha value is -1.64. The summed E-state index contributed by atoms with van der Waals surface area (Å²) in [5.41, 5.74) is 0.169. The van der Waals surface area contributed by atoms with E-state index < -0.39 is 11.4 Å². The van der Waals surface area contributed by atoms with Gasteiger partial charge < -0.3 is 5.11 Å². The van der Waals surface area contributed by atoms with E-state index in [9.17, 15) is 9.90 Å². The zero-order chi connectivity index (χ0) is 16.3. The monoisotopic (exact) mass is 290 g/mol. The third kappa shape index (κ3) is 5.00. The van der Waals surface area contributed by atoms with E-state index in [4.69, 9.17) is 0 Å². The van der Waals surface area contributed by atoms with E-state index in [1.54, 1.807) is 13.8 Å². The molecule has 0 fully saturated rings. The highest BCUT2D eigenvalue weighted by Gasteiger charge is 2.40. The van der Waals surface area contributed by atoms with E-state index in [1.165, 1.54) is 0 Å². The molecule has 3 nitrogen and oxygen atoms in total. The summed E-state index contributed by atoms with van der Waals surface area (Å²) >= 11 is 0. The van der Waals surface area contributed by atoms with Gasteiger partial charge in [0.25, 0.3) is 0 Å². The molecule has 1 heterocycles. The molecule has 1 aromatic rings. The maximum absolute atomic E-state index is 11.3. The molecule has 3 heteroatoms. The molecule has 0 spiro atoms. The van der Waals surface area contributed by atoms with Gasteiger partial charge in [0, 0.05) is 32.4 Å². The lowest BCUT2D eigenvalue weighted by atomic mass is 9.80. The van der Waals surface area contributed by atoms with Crippen molar-refractivity contribution in [3.05, 3.63) is 36.2 Å². The van der Waals surface area contributed by atoms with Gasteiger partial charge in [0.2, 0.25) is 0 Å². The molecule has 0 aromatic carbocycles. The Kier molecular flexibility index (Phi) is 5.32. The number of hydrogen-bond acceptors (Lipinski definition) is 1. The van der Waals surface area contributed by atoms with Gasteiger partial charge in [-0.05, 0) is 25.3 Å². The second kappa shape index (κ2) is 6.42. The molecule has 0 saturated carbocycles. The van der Waals surface area contributed by atoms with E-state index in [0.717, 1.165) is 5.56 Å². The Morgan fingerprint density at radius 1 is 1.24 bits per heavy atom. The lowest BCUT2D eigenvalue weighted by Crippen LogP contribution is -2.54. The smallest absolute Gasteiger partial charge is 0.309 e. The van der Waals surface area contributed by atoms with Crippen LogP contribution in [0.1, 0.15) is 53.5 Å². The van der Waals surface area contributed by atoms with E-state index in [-0.39, 0.29) is 5.54 Å². The minimum Gasteiger partial charge on any atom is -0.481 e. The van der Waals surface area contributed by atoms with Crippen LogP contribution in [0.3, 0.4) is 0 Å². The summed E-state index contributed by atoms with van der Waals surface area (Å²) in [5.74, 6) is -0.224. The van der Waals surface area contributed by atoms with E-state index in [1.807, 2.05) is 12.4 Å². The zero-order valence-electron chi connectivity index (χ0n) is 14.1. The van der Waals surface area contributed by atoms with Crippen LogP contribution in [-0.2, 0) is 10.3 Å². The van der Waals surface area contributed by atoms with Crippen LogP contribution in [0.4, 0.5) is 0 Å². The summed E-state index contributed by atoms with van der Waals surface area (Å²) in [6, 6.07) is 4.13. The zero-order valence-corrected chi connectivity index (χ0v) is 14.1. The second-order valence-corrected chi connectivity index (χ2v) is 7.32. The van der Waals surface area contributed by atoms with E-state index in [2.05, 4.69) is 56.5 Å². The van der Waals surface area contributed by atoms with E-state index in [0.29, 0.717) is 12.3 Å². The molecule has 116 valence electrons. The maximum atomic E-state index is 11.3. The van der Waals surface area contributed by atoms with Gasteiger partial charge in [-0.25, -0.2) is 4.57 Å². The van der Waals surface area contributed by atoms with Crippen LogP contribution in [0.15, 0.2) is 30.6 Å². The fourth-order valence-corrected chi connectivity index (χ4v) is 2.50. The van der Waals surface area contributed by atoms with Crippen LogP contribution >= 0.6 is 0 Å².